The van der Waals surface area contributed by atoms with Crippen molar-refractivity contribution < 1.29 is 17.9 Å². The number of nitrogens with zero attached hydrogens (tertiary/aromatic N) is 1. The van der Waals surface area contributed by atoms with E-state index < -0.39 is 16.1 Å². The maximum absolute atomic E-state index is 13.6. The second-order valence-corrected chi connectivity index (χ2v) is 10.0. The lowest BCUT2D eigenvalue weighted by Crippen LogP contribution is -2.52. The Bertz CT molecular complexity index is 1240. The number of hydrogen-bond donors (Lipinski definition) is 1. The maximum atomic E-state index is 13.6. The van der Waals surface area contributed by atoms with Crippen molar-refractivity contribution >= 4 is 15.9 Å². The molecule has 0 bridgehead atoms. The first-order chi connectivity index (χ1) is 15.9. The van der Waals surface area contributed by atoms with Crippen LogP contribution in [0, 0.1) is 6.92 Å². The van der Waals surface area contributed by atoms with E-state index in [1.165, 1.54) is 4.31 Å². The molecule has 0 aliphatic carbocycles. The number of carbonyl (C=O) groups excluding carboxylic acids is 1. The fraction of sp³-hybridized carbons (Fsp3) is 0.269. The third-order valence-corrected chi connectivity index (χ3v) is 7.66. The number of nitrogens with one attached hydrogen (secondary N) is 1. The molecular weight excluding hydrogens is 436 g/mol. The summed E-state index contributed by atoms with van der Waals surface area (Å²) in [4.78, 5) is 13.5. The van der Waals surface area contributed by atoms with Crippen molar-refractivity contribution in [2.24, 2.45) is 0 Å². The van der Waals surface area contributed by atoms with Crippen LogP contribution in [0.25, 0.3) is 0 Å². The van der Waals surface area contributed by atoms with E-state index in [0.717, 1.165) is 28.0 Å². The minimum absolute atomic E-state index is 0.160. The zero-order chi connectivity index (χ0) is 23.4. The van der Waals surface area contributed by atoms with Crippen LogP contribution in [0.3, 0.4) is 0 Å². The summed E-state index contributed by atoms with van der Waals surface area (Å²) >= 11 is 0. The number of rotatable bonds is 7. The van der Waals surface area contributed by atoms with Crippen LogP contribution in [0.15, 0.2) is 77.7 Å². The Balaban J connectivity index is 1.58. The smallest absolute Gasteiger partial charge is 0.244 e. The molecule has 3 aromatic carbocycles. The van der Waals surface area contributed by atoms with E-state index in [1.54, 1.807) is 18.2 Å². The molecule has 172 valence electrons. The average molecular weight is 465 g/mol. The van der Waals surface area contributed by atoms with Crippen LogP contribution in [0.5, 0.6) is 5.75 Å². The van der Waals surface area contributed by atoms with Crippen molar-refractivity contribution in [1.82, 2.24) is 9.62 Å². The molecule has 1 amide bonds. The van der Waals surface area contributed by atoms with Crippen LogP contribution >= 0.6 is 0 Å². The van der Waals surface area contributed by atoms with E-state index in [1.807, 2.05) is 68.4 Å². The molecule has 0 unspecified atom stereocenters. The van der Waals surface area contributed by atoms with Gasteiger partial charge in [-0.1, -0.05) is 48.5 Å². The van der Waals surface area contributed by atoms with E-state index in [-0.39, 0.29) is 17.3 Å². The van der Waals surface area contributed by atoms with Gasteiger partial charge in [-0.3, -0.25) is 4.79 Å². The highest BCUT2D eigenvalue weighted by atomic mass is 32.2. The predicted molar refractivity (Wildman–Crippen MR) is 127 cm³/mol. The summed E-state index contributed by atoms with van der Waals surface area (Å²) in [6, 6.07) is 21.2. The zero-order valence-corrected chi connectivity index (χ0v) is 19.6. The number of aryl methyl sites for hydroxylation is 1. The Kier molecular flexibility index (Phi) is 6.81. The Hall–Kier alpha value is -3.16. The molecule has 6 nitrogen and oxygen atoms in total. The fourth-order valence-corrected chi connectivity index (χ4v) is 5.73. The summed E-state index contributed by atoms with van der Waals surface area (Å²) in [5, 5.41) is 2.93. The lowest BCUT2D eigenvalue weighted by atomic mass is 9.95. The summed E-state index contributed by atoms with van der Waals surface area (Å²) in [6.45, 7) is 4.83. The first kappa shape index (κ1) is 23.0. The summed E-state index contributed by atoms with van der Waals surface area (Å²) in [5.74, 6) is 0.460. The van der Waals surface area contributed by atoms with Gasteiger partial charge in [0.05, 0.1) is 11.5 Å². The van der Waals surface area contributed by atoms with Crippen LogP contribution in [0.4, 0.5) is 0 Å². The number of amides is 1. The summed E-state index contributed by atoms with van der Waals surface area (Å²) in [5.41, 5.74) is 3.68. The van der Waals surface area contributed by atoms with Gasteiger partial charge in [0.1, 0.15) is 11.8 Å². The Labute approximate surface area is 195 Å². The summed E-state index contributed by atoms with van der Waals surface area (Å²) < 4.78 is 33.9. The summed E-state index contributed by atoms with van der Waals surface area (Å²) in [6.07, 6.45) is 0.330. The van der Waals surface area contributed by atoms with Crippen LogP contribution in [-0.4, -0.2) is 31.3 Å². The molecule has 0 radical (unpaired) electrons. The number of benzene rings is 3. The zero-order valence-electron chi connectivity index (χ0n) is 18.8. The highest BCUT2D eigenvalue weighted by molar-refractivity contribution is 7.89. The number of carbonyl (C=O) groups is 1. The molecule has 33 heavy (non-hydrogen) atoms. The Morgan fingerprint density at radius 3 is 2.45 bits per heavy atom. The first-order valence-corrected chi connectivity index (χ1v) is 12.5. The van der Waals surface area contributed by atoms with Crippen LogP contribution < -0.4 is 10.1 Å². The van der Waals surface area contributed by atoms with Gasteiger partial charge in [-0.05, 0) is 66.8 Å². The SMILES string of the molecule is CCOc1ccc(CNC(=O)[C@H]2Cc3ccccc3CN2S(=O)(=O)c2cccc(C)c2)cc1. The molecule has 1 aliphatic heterocycles. The number of fused-ring (bicyclic) bond motifs is 1. The van der Waals surface area contributed by atoms with Crippen molar-refractivity contribution in [1.29, 1.82) is 0 Å². The molecular formula is C26H28N2O4S. The number of hydrogen-bond acceptors (Lipinski definition) is 4. The molecule has 3 aromatic rings. The Morgan fingerprint density at radius 1 is 1.03 bits per heavy atom. The van der Waals surface area contributed by atoms with Crippen molar-refractivity contribution in [3.8, 4) is 5.75 Å². The lowest BCUT2D eigenvalue weighted by Gasteiger charge is -2.35. The highest BCUT2D eigenvalue weighted by Gasteiger charge is 2.39. The second-order valence-electron chi connectivity index (χ2n) is 8.15. The van der Waals surface area contributed by atoms with Gasteiger partial charge >= 0.3 is 0 Å². The van der Waals surface area contributed by atoms with Gasteiger partial charge in [0, 0.05) is 13.1 Å². The lowest BCUT2D eigenvalue weighted by molar-refractivity contribution is -0.125. The molecule has 4 rings (SSSR count). The molecule has 0 fully saturated rings. The Morgan fingerprint density at radius 2 is 1.76 bits per heavy atom. The third-order valence-electron chi connectivity index (χ3n) is 5.81. The molecule has 0 saturated heterocycles. The normalized spacial score (nSPS) is 16.1. The van der Waals surface area contributed by atoms with Gasteiger partial charge < -0.3 is 10.1 Å². The van der Waals surface area contributed by atoms with E-state index in [2.05, 4.69) is 5.32 Å². The minimum atomic E-state index is -3.86. The molecule has 0 aromatic heterocycles. The van der Waals surface area contributed by atoms with E-state index in [0.29, 0.717) is 19.6 Å². The van der Waals surface area contributed by atoms with Crippen molar-refractivity contribution in [3.05, 3.63) is 95.1 Å². The van der Waals surface area contributed by atoms with Crippen molar-refractivity contribution in [2.45, 2.75) is 44.3 Å². The largest absolute Gasteiger partial charge is 0.494 e. The standard InChI is InChI=1S/C26H28N2O4S/c1-3-32-23-13-11-20(12-14-23)17-27-26(29)25-16-21-8-4-5-9-22(21)18-28(25)33(30,31)24-10-6-7-19(2)15-24/h4-15,25H,3,16-18H2,1-2H3,(H,27,29)/t25-/m1/s1. The minimum Gasteiger partial charge on any atom is -0.494 e. The first-order valence-electron chi connectivity index (χ1n) is 11.0. The topological polar surface area (TPSA) is 75.7 Å². The van der Waals surface area contributed by atoms with Gasteiger partial charge in [0.15, 0.2) is 0 Å². The predicted octanol–water partition coefficient (Wildman–Crippen LogP) is 3.83. The molecule has 1 heterocycles. The van der Waals surface area contributed by atoms with Gasteiger partial charge in [0.2, 0.25) is 15.9 Å². The van der Waals surface area contributed by atoms with Gasteiger partial charge in [-0.25, -0.2) is 8.42 Å². The number of sulfonamides is 1. The summed E-state index contributed by atoms with van der Waals surface area (Å²) in [7, 11) is -3.86. The number of ether oxygens (including phenoxy) is 1. The van der Waals surface area contributed by atoms with E-state index in [4.69, 9.17) is 4.74 Å². The third kappa shape index (κ3) is 5.10. The molecule has 1 atom stereocenters. The molecule has 7 heteroatoms. The van der Waals surface area contributed by atoms with E-state index >= 15 is 0 Å². The van der Waals surface area contributed by atoms with Crippen LogP contribution in [0.1, 0.15) is 29.2 Å². The van der Waals surface area contributed by atoms with Crippen molar-refractivity contribution in [3.63, 3.8) is 0 Å². The quantitative estimate of drug-likeness (QED) is 0.577. The highest BCUT2D eigenvalue weighted by Crippen LogP contribution is 2.29. The van der Waals surface area contributed by atoms with Crippen LogP contribution in [0.2, 0.25) is 0 Å². The van der Waals surface area contributed by atoms with E-state index in [9.17, 15) is 13.2 Å². The molecule has 1 aliphatic rings. The molecule has 0 spiro atoms. The monoisotopic (exact) mass is 464 g/mol. The van der Waals surface area contributed by atoms with Crippen LogP contribution in [-0.2, 0) is 34.3 Å². The molecule has 0 saturated carbocycles. The maximum Gasteiger partial charge on any atom is 0.244 e. The molecule has 1 N–H and O–H groups in total. The van der Waals surface area contributed by atoms with Crippen molar-refractivity contribution in [2.75, 3.05) is 6.61 Å². The second kappa shape index (κ2) is 9.77. The van der Waals surface area contributed by atoms with Gasteiger partial charge in [-0.2, -0.15) is 4.31 Å². The fourth-order valence-electron chi connectivity index (χ4n) is 4.06. The van der Waals surface area contributed by atoms with Gasteiger partial charge in [0.25, 0.3) is 0 Å². The average Bonchev–Trinajstić information content (AvgIpc) is 2.82. The van der Waals surface area contributed by atoms with Gasteiger partial charge in [-0.15, -0.1) is 0 Å².